The van der Waals surface area contributed by atoms with E-state index in [1.165, 1.54) is 11.2 Å². The van der Waals surface area contributed by atoms with Gasteiger partial charge in [-0.05, 0) is 66.6 Å². The van der Waals surface area contributed by atoms with Crippen LogP contribution in [0.3, 0.4) is 0 Å². The lowest BCUT2D eigenvalue weighted by Gasteiger charge is -2.46. The van der Waals surface area contributed by atoms with Crippen LogP contribution in [0.1, 0.15) is 56.8 Å². The Morgan fingerprint density at radius 1 is 0.884 bits per heavy atom. The number of hydrogen-bond donors (Lipinski definition) is 1. The zero-order valence-corrected chi connectivity index (χ0v) is 23.2. The van der Waals surface area contributed by atoms with Crippen molar-refractivity contribution in [2.45, 2.75) is 43.6 Å². The molecule has 1 unspecified atom stereocenters. The first kappa shape index (κ1) is 30.5. The molecule has 1 fully saturated rings. The highest BCUT2D eigenvalue weighted by atomic mass is 35.5. The maximum Gasteiger partial charge on any atom is 0.416 e. The van der Waals surface area contributed by atoms with Gasteiger partial charge >= 0.3 is 12.4 Å². The molecule has 2 heterocycles. The second-order valence-corrected chi connectivity index (χ2v) is 10.8. The summed E-state index contributed by atoms with van der Waals surface area (Å²) in [6.07, 6.45) is -7.96. The predicted molar refractivity (Wildman–Crippen MR) is 148 cm³/mol. The van der Waals surface area contributed by atoms with Crippen LogP contribution in [0, 0.1) is 0 Å². The number of hydrogen-bond acceptors (Lipinski definition) is 4. The topological polar surface area (TPSA) is 62.3 Å². The number of halogens is 7. The standard InChI is InChI=1S/C31H24ClF6N3O2/c32-24-9-7-19(8-10-24)18-29(27(42)21-15-22(30(33,34)35)17-23(16-21)31(36,37)38)12-3-4-14-41(29)40-28(43)26-25-6-2-1-5-20(25)11-13-39-26/h1-2,5-11,13,15-17H,3-4,12,14,18H2,(H,40,43). The Balaban J connectivity index is 1.63. The Hall–Kier alpha value is -3.96. The van der Waals surface area contributed by atoms with E-state index < -0.39 is 46.3 Å². The summed E-state index contributed by atoms with van der Waals surface area (Å²) in [5, 5.41) is 3.00. The van der Waals surface area contributed by atoms with Gasteiger partial charge in [-0.2, -0.15) is 26.3 Å². The number of aromatic nitrogens is 1. The van der Waals surface area contributed by atoms with Gasteiger partial charge in [-0.25, -0.2) is 5.01 Å². The average Bonchev–Trinajstić information content (AvgIpc) is 2.97. The van der Waals surface area contributed by atoms with Crippen LogP contribution in [0.15, 0.2) is 79.0 Å². The smallest absolute Gasteiger partial charge is 0.292 e. The molecule has 43 heavy (non-hydrogen) atoms. The summed E-state index contributed by atoms with van der Waals surface area (Å²) in [4.78, 5) is 32.1. The van der Waals surface area contributed by atoms with E-state index in [1.54, 1.807) is 54.6 Å². The fraction of sp³-hybridized carbons (Fsp3) is 0.258. The third-order valence-corrected chi connectivity index (χ3v) is 7.80. The Bertz CT molecular complexity index is 1640. The molecule has 1 aromatic heterocycles. The van der Waals surface area contributed by atoms with E-state index >= 15 is 0 Å². The number of carbonyl (C=O) groups is 2. The van der Waals surface area contributed by atoms with Gasteiger partial charge in [0.05, 0.1) is 11.1 Å². The SMILES string of the molecule is O=C(NN1CCCCC1(Cc1ccc(Cl)cc1)C(=O)c1cc(C(F)(F)F)cc(C(F)(F)F)c1)c1nccc2ccccc12. The van der Waals surface area contributed by atoms with E-state index in [2.05, 4.69) is 10.4 Å². The monoisotopic (exact) mass is 619 g/mol. The second-order valence-electron chi connectivity index (χ2n) is 10.4. The third kappa shape index (κ3) is 6.37. The van der Waals surface area contributed by atoms with Crippen molar-refractivity contribution in [1.82, 2.24) is 15.4 Å². The number of nitrogens with zero attached hydrogens (tertiary/aromatic N) is 2. The lowest BCUT2D eigenvalue weighted by molar-refractivity contribution is -0.143. The molecule has 5 nitrogen and oxygen atoms in total. The van der Waals surface area contributed by atoms with Crippen LogP contribution in [0.2, 0.25) is 5.02 Å². The number of amides is 1. The van der Waals surface area contributed by atoms with Crippen LogP contribution in [0.25, 0.3) is 10.8 Å². The van der Waals surface area contributed by atoms with Gasteiger partial charge in [0.15, 0.2) is 5.78 Å². The molecule has 1 aliphatic rings. The highest BCUT2D eigenvalue weighted by Gasteiger charge is 2.48. The van der Waals surface area contributed by atoms with Gasteiger partial charge in [-0.1, -0.05) is 48.0 Å². The van der Waals surface area contributed by atoms with Crippen LogP contribution in [0.5, 0.6) is 0 Å². The van der Waals surface area contributed by atoms with E-state index in [9.17, 15) is 35.9 Å². The van der Waals surface area contributed by atoms with Crippen molar-refractivity contribution in [1.29, 1.82) is 0 Å². The molecule has 3 aromatic carbocycles. The average molecular weight is 620 g/mol. The van der Waals surface area contributed by atoms with Gasteiger partial charge in [-0.3, -0.25) is 20.0 Å². The summed E-state index contributed by atoms with van der Waals surface area (Å²) >= 11 is 6.03. The molecule has 0 saturated carbocycles. The number of fused-ring (bicyclic) bond motifs is 1. The molecule has 224 valence electrons. The molecule has 5 rings (SSSR count). The fourth-order valence-corrected chi connectivity index (χ4v) is 5.60. The molecule has 1 amide bonds. The minimum atomic E-state index is -5.14. The zero-order valence-electron chi connectivity index (χ0n) is 22.4. The summed E-state index contributed by atoms with van der Waals surface area (Å²) in [5.74, 6) is -1.66. The van der Waals surface area contributed by atoms with Gasteiger partial charge in [0.25, 0.3) is 5.91 Å². The minimum Gasteiger partial charge on any atom is -0.292 e. The third-order valence-electron chi connectivity index (χ3n) is 7.55. The number of benzene rings is 3. The molecule has 4 aromatic rings. The number of hydrazine groups is 1. The largest absolute Gasteiger partial charge is 0.416 e. The molecule has 1 saturated heterocycles. The number of piperidine rings is 1. The van der Waals surface area contributed by atoms with E-state index in [4.69, 9.17) is 11.6 Å². The highest BCUT2D eigenvalue weighted by molar-refractivity contribution is 6.30. The quantitative estimate of drug-likeness (QED) is 0.176. The van der Waals surface area contributed by atoms with Gasteiger partial charge in [0.2, 0.25) is 0 Å². The van der Waals surface area contributed by atoms with E-state index in [0.717, 1.165) is 5.39 Å². The zero-order chi connectivity index (χ0) is 31.0. The first-order valence-corrected chi connectivity index (χ1v) is 13.7. The Morgan fingerprint density at radius 2 is 1.53 bits per heavy atom. The van der Waals surface area contributed by atoms with Crippen molar-refractivity contribution in [2.75, 3.05) is 6.54 Å². The van der Waals surface area contributed by atoms with Crippen LogP contribution in [0.4, 0.5) is 26.3 Å². The van der Waals surface area contributed by atoms with Crippen molar-refractivity contribution in [3.05, 3.63) is 112 Å². The van der Waals surface area contributed by atoms with Crippen LogP contribution >= 0.6 is 11.6 Å². The van der Waals surface area contributed by atoms with Gasteiger partial charge in [0, 0.05) is 35.1 Å². The molecule has 0 bridgehead atoms. The summed E-state index contributed by atoms with van der Waals surface area (Å²) in [7, 11) is 0. The molecular weight excluding hydrogens is 596 g/mol. The van der Waals surface area contributed by atoms with Crippen molar-refractivity contribution in [2.24, 2.45) is 0 Å². The second kappa shape index (κ2) is 11.6. The van der Waals surface area contributed by atoms with Gasteiger partial charge in [-0.15, -0.1) is 0 Å². The summed E-state index contributed by atoms with van der Waals surface area (Å²) in [5.41, 5.74) is -2.35. The number of alkyl halides is 6. The first-order valence-electron chi connectivity index (χ1n) is 13.3. The number of nitrogens with one attached hydrogen (secondary N) is 1. The molecule has 0 radical (unpaired) electrons. The Kier molecular flexibility index (Phi) is 8.24. The summed E-state index contributed by atoms with van der Waals surface area (Å²) < 4.78 is 82.3. The van der Waals surface area contributed by atoms with Crippen molar-refractivity contribution in [3.63, 3.8) is 0 Å². The van der Waals surface area contributed by atoms with Gasteiger partial charge in [0.1, 0.15) is 11.2 Å². The maximum atomic E-state index is 14.3. The normalized spacial score (nSPS) is 18.0. The van der Waals surface area contributed by atoms with Crippen molar-refractivity contribution >= 4 is 34.1 Å². The number of rotatable bonds is 6. The predicted octanol–water partition coefficient (Wildman–Crippen LogP) is 7.92. The minimum absolute atomic E-state index is 0.0186. The molecule has 0 spiro atoms. The molecule has 12 heteroatoms. The van der Waals surface area contributed by atoms with Crippen LogP contribution < -0.4 is 5.43 Å². The van der Waals surface area contributed by atoms with Gasteiger partial charge < -0.3 is 0 Å². The Labute approximate surface area is 247 Å². The summed E-state index contributed by atoms with van der Waals surface area (Å²) in [6, 6.07) is 15.9. The lowest BCUT2D eigenvalue weighted by Crippen LogP contribution is -2.64. The van der Waals surface area contributed by atoms with Crippen LogP contribution in [-0.4, -0.2) is 33.8 Å². The van der Waals surface area contributed by atoms with Crippen molar-refractivity contribution < 1.29 is 35.9 Å². The molecule has 1 N–H and O–H groups in total. The maximum absolute atomic E-state index is 14.3. The highest BCUT2D eigenvalue weighted by Crippen LogP contribution is 2.40. The molecule has 0 aliphatic carbocycles. The number of carbonyl (C=O) groups excluding carboxylic acids is 2. The van der Waals surface area contributed by atoms with E-state index in [0.29, 0.717) is 40.9 Å². The lowest BCUT2D eigenvalue weighted by atomic mass is 9.76. The number of Topliss-reactive ketones (excluding diaryl/α,β-unsaturated/α-hetero) is 1. The molecular formula is C31H24ClF6N3O2. The van der Waals surface area contributed by atoms with Crippen LogP contribution in [-0.2, 0) is 18.8 Å². The molecule has 1 atom stereocenters. The number of ketones is 1. The summed E-state index contributed by atoms with van der Waals surface area (Å²) in [6.45, 7) is 0.112. The fourth-order valence-electron chi connectivity index (χ4n) is 5.47. The van der Waals surface area contributed by atoms with E-state index in [1.807, 2.05) is 0 Å². The first-order chi connectivity index (χ1) is 20.3. The molecule has 1 aliphatic heterocycles. The number of pyridine rings is 1. The van der Waals surface area contributed by atoms with Crippen molar-refractivity contribution in [3.8, 4) is 0 Å². The Morgan fingerprint density at radius 3 is 2.19 bits per heavy atom. The van der Waals surface area contributed by atoms with E-state index in [-0.39, 0.29) is 31.1 Å².